The van der Waals surface area contributed by atoms with Crippen LogP contribution in [-0.4, -0.2) is 24.9 Å². The van der Waals surface area contributed by atoms with Crippen molar-refractivity contribution in [1.29, 1.82) is 0 Å². The van der Waals surface area contributed by atoms with Crippen molar-refractivity contribution >= 4 is 38.5 Å². The lowest BCUT2D eigenvalue weighted by atomic mass is 10.1. The first kappa shape index (κ1) is 26.8. The van der Waals surface area contributed by atoms with Crippen LogP contribution in [0.25, 0.3) is 10.6 Å². The van der Waals surface area contributed by atoms with Crippen molar-refractivity contribution in [3.63, 3.8) is 0 Å². The zero-order valence-corrected chi connectivity index (χ0v) is 21.8. The first-order chi connectivity index (χ1) is 17.5. The maximum Gasteiger partial charge on any atom is 0.416 e. The Morgan fingerprint density at radius 3 is 2.41 bits per heavy atom. The lowest BCUT2D eigenvalue weighted by molar-refractivity contribution is -0.137. The van der Waals surface area contributed by atoms with Gasteiger partial charge >= 0.3 is 6.18 Å². The van der Waals surface area contributed by atoms with Gasteiger partial charge in [-0.05, 0) is 48.9 Å². The molecule has 0 amide bonds. The van der Waals surface area contributed by atoms with Gasteiger partial charge in [0.25, 0.3) is 0 Å². The molecule has 0 unspecified atom stereocenters. The smallest absolute Gasteiger partial charge is 0.391 e. The highest BCUT2D eigenvalue weighted by molar-refractivity contribution is 7.92. The third kappa shape index (κ3) is 6.76. The third-order valence-electron chi connectivity index (χ3n) is 5.24. The molecule has 0 saturated heterocycles. The average molecular weight is 565 g/mol. The highest BCUT2D eigenvalue weighted by Gasteiger charge is 2.30. The number of aromatic nitrogens is 1. The van der Waals surface area contributed by atoms with Crippen LogP contribution in [0.1, 0.15) is 21.7 Å². The Balaban J connectivity index is 1.67. The second kappa shape index (κ2) is 11.0. The SMILES string of the molecule is Cc1nc(-c2ccc(Cl)cc2)sc1C(CS(=O)(=O)c1ccccc1)=NOCc1cccc(C(F)(F)F)c1. The van der Waals surface area contributed by atoms with Crippen molar-refractivity contribution in [2.75, 3.05) is 5.75 Å². The molecule has 0 saturated carbocycles. The van der Waals surface area contributed by atoms with E-state index in [9.17, 15) is 21.6 Å². The fourth-order valence-electron chi connectivity index (χ4n) is 3.43. The molecule has 0 aliphatic heterocycles. The molecule has 192 valence electrons. The second-order valence-corrected chi connectivity index (χ2v) is 11.4. The number of hydrogen-bond acceptors (Lipinski definition) is 6. The molecule has 1 heterocycles. The van der Waals surface area contributed by atoms with Gasteiger partial charge in [0, 0.05) is 10.6 Å². The van der Waals surface area contributed by atoms with Gasteiger partial charge in [0.15, 0.2) is 9.84 Å². The van der Waals surface area contributed by atoms with Gasteiger partial charge in [0.2, 0.25) is 0 Å². The summed E-state index contributed by atoms with van der Waals surface area (Å²) in [5, 5.41) is 5.28. The number of halogens is 4. The number of aryl methyl sites for hydroxylation is 1. The molecule has 0 bridgehead atoms. The van der Waals surface area contributed by atoms with E-state index in [4.69, 9.17) is 16.4 Å². The Morgan fingerprint density at radius 1 is 1.03 bits per heavy atom. The van der Waals surface area contributed by atoms with Gasteiger partial charge < -0.3 is 4.84 Å². The number of alkyl halides is 3. The number of hydrogen-bond donors (Lipinski definition) is 0. The van der Waals surface area contributed by atoms with E-state index < -0.39 is 27.3 Å². The predicted octanol–water partition coefficient (Wildman–Crippen LogP) is 7.19. The molecule has 3 aromatic carbocycles. The lowest BCUT2D eigenvalue weighted by Crippen LogP contribution is -2.18. The van der Waals surface area contributed by atoms with E-state index in [0.717, 1.165) is 17.7 Å². The summed E-state index contributed by atoms with van der Waals surface area (Å²) in [6, 6.07) is 19.6. The van der Waals surface area contributed by atoms with Crippen molar-refractivity contribution in [2.45, 2.75) is 24.6 Å². The summed E-state index contributed by atoms with van der Waals surface area (Å²) in [4.78, 5) is 10.6. The van der Waals surface area contributed by atoms with Crippen molar-refractivity contribution in [2.24, 2.45) is 5.16 Å². The van der Waals surface area contributed by atoms with E-state index >= 15 is 0 Å². The highest BCUT2D eigenvalue weighted by Crippen LogP contribution is 2.31. The van der Waals surface area contributed by atoms with Gasteiger partial charge in [-0.25, -0.2) is 13.4 Å². The molecule has 0 N–H and O–H groups in total. The van der Waals surface area contributed by atoms with E-state index in [0.29, 0.717) is 20.6 Å². The molecule has 11 heteroatoms. The number of oxime groups is 1. The van der Waals surface area contributed by atoms with Gasteiger partial charge in [0.05, 0.1) is 21.0 Å². The van der Waals surface area contributed by atoms with Gasteiger partial charge in [-0.2, -0.15) is 13.2 Å². The monoisotopic (exact) mass is 564 g/mol. The minimum atomic E-state index is -4.49. The summed E-state index contributed by atoms with van der Waals surface area (Å²) in [6.45, 7) is 1.45. The standard InChI is InChI=1S/C26H20ClF3N2O3S2/c1-17-24(36-25(31-17)19-10-12-21(27)13-11-19)23(16-37(33,34)22-8-3-2-4-9-22)32-35-15-18-6-5-7-20(14-18)26(28,29)30/h2-14H,15-16H2,1H3. The molecule has 37 heavy (non-hydrogen) atoms. The Bertz CT molecular complexity index is 1520. The Hall–Kier alpha value is -3.21. The third-order valence-corrected chi connectivity index (χ3v) is 8.39. The quantitative estimate of drug-likeness (QED) is 0.168. The van der Waals surface area contributed by atoms with E-state index in [1.54, 1.807) is 49.4 Å². The predicted molar refractivity (Wildman–Crippen MR) is 139 cm³/mol. The molecule has 5 nitrogen and oxygen atoms in total. The fourth-order valence-corrected chi connectivity index (χ4v) is 5.99. The Labute approximate surface area is 221 Å². The van der Waals surface area contributed by atoms with E-state index in [2.05, 4.69) is 10.1 Å². The second-order valence-electron chi connectivity index (χ2n) is 8.02. The van der Waals surface area contributed by atoms with E-state index in [-0.39, 0.29) is 22.8 Å². The van der Waals surface area contributed by atoms with Crippen LogP contribution < -0.4 is 0 Å². The van der Waals surface area contributed by atoms with Crippen molar-refractivity contribution in [1.82, 2.24) is 4.98 Å². The molecule has 0 aliphatic rings. The van der Waals surface area contributed by atoms with Gasteiger partial charge in [0.1, 0.15) is 23.1 Å². The van der Waals surface area contributed by atoms with Crippen LogP contribution in [0.5, 0.6) is 0 Å². The Kier molecular flexibility index (Phi) is 8.01. The first-order valence-electron chi connectivity index (χ1n) is 10.9. The van der Waals surface area contributed by atoms with Crippen LogP contribution in [-0.2, 0) is 27.5 Å². The summed E-state index contributed by atoms with van der Waals surface area (Å²) in [5.41, 5.74) is 0.867. The average Bonchev–Trinajstić information content (AvgIpc) is 3.25. The van der Waals surface area contributed by atoms with E-state index in [1.807, 2.05) is 0 Å². The summed E-state index contributed by atoms with van der Waals surface area (Å²) >= 11 is 7.21. The van der Waals surface area contributed by atoms with Crippen molar-refractivity contribution in [3.8, 4) is 10.6 Å². The summed E-state index contributed by atoms with van der Waals surface area (Å²) in [7, 11) is -3.80. The molecular formula is C26H20ClF3N2O3S2. The molecule has 1 aromatic heterocycles. The van der Waals surface area contributed by atoms with Crippen LogP contribution in [0.3, 0.4) is 0 Å². The molecule has 0 atom stereocenters. The largest absolute Gasteiger partial charge is 0.416 e. The molecule has 0 spiro atoms. The normalized spacial score (nSPS) is 12.5. The minimum Gasteiger partial charge on any atom is -0.391 e. The van der Waals surface area contributed by atoms with Crippen molar-refractivity contribution < 1.29 is 26.4 Å². The van der Waals surface area contributed by atoms with Gasteiger partial charge in [-0.15, -0.1) is 11.3 Å². The molecule has 0 aliphatic carbocycles. The van der Waals surface area contributed by atoms with Crippen LogP contribution >= 0.6 is 22.9 Å². The maximum atomic E-state index is 13.1. The van der Waals surface area contributed by atoms with Gasteiger partial charge in [-0.1, -0.05) is 59.2 Å². The minimum absolute atomic E-state index is 0.103. The molecular weight excluding hydrogens is 545 g/mol. The molecule has 0 radical (unpaired) electrons. The zero-order chi connectivity index (χ0) is 26.6. The Morgan fingerprint density at radius 2 is 1.73 bits per heavy atom. The number of sulfone groups is 1. The van der Waals surface area contributed by atoms with Crippen molar-refractivity contribution in [3.05, 3.63) is 106 Å². The fraction of sp³-hybridized carbons (Fsp3) is 0.154. The zero-order valence-electron chi connectivity index (χ0n) is 19.4. The van der Waals surface area contributed by atoms with Gasteiger partial charge in [-0.3, -0.25) is 0 Å². The van der Waals surface area contributed by atoms with Crippen LogP contribution in [0.15, 0.2) is 88.9 Å². The van der Waals surface area contributed by atoms with Crippen LogP contribution in [0.2, 0.25) is 5.02 Å². The van der Waals surface area contributed by atoms with E-state index in [1.165, 1.54) is 35.6 Å². The lowest BCUT2D eigenvalue weighted by Gasteiger charge is -2.09. The number of rotatable bonds is 8. The molecule has 4 aromatic rings. The van der Waals surface area contributed by atoms with Crippen LogP contribution in [0.4, 0.5) is 13.2 Å². The first-order valence-corrected chi connectivity index (χ1v) is 13.7. The highest BCUT2D eigenvalue weighted by atomic mass is 35.5. The number of benzene rings is 3. The topological polar surface area (TPSA) is 68.6 Å². The summed E-state index contributed by atoms with van der Waals surface area (Å²) in [5.74, 6) is -0.483. The van der Waals surface area contributed by atoms with Crippen LogP contribution in [0, 0.1) is 6.92 Å². The summed E-state index contributed by atoms with van der Waals surface area (Å²) < 4.78 is 65.4. The molecule has 4 rings (SSSR count). The number of thiazole rings is 1. The molecule has 0 fully saturated rings. The maximum absolute atomic E-state index is 13.1. The summed E-state index contributed by atoms with van der Waals surface area (Å²) in [6.07, 6.45) is -4.49. The number of nitrogens with zero attached hydrogens (tertiary/aromatic N) is 2.